The van der Waals surface area contributed by atoms with Crippen molar-refractivity contribution in [2.45, 2.75) is 20.4 Å². The molecule has 0 saturated heterocycles. The van der Waals surface area contributed by atoms with Crippen LogP contribution < -0.4 is 11.1 Å². The van der Waals surface area contributed by atoms with E-state index in [1.807, 2.05) is 6.92 Å². The van der Waals surface area contributed by atoms with Crippen LogP contribution in [0.5, 0.6) is 0 Å². The molecule has 0 unspecified atom stereocenters. The number of aromatic nitrogens is 3. The van der Waals surface area contributed by atoms with Crippen LogP contribution >= 0.6 is 11.6 Å². The summed E-state index contributed by atoms with van der Waals surface area (Å²) in [5.74, 6) is 0.173. The minimum absolute atomic E-state index is 0.0814. The number of carbonyl (C=O) groups excluding carboxylic acids is 1. The third kappa shape index (κ3) is 3.03. The second kappa shape index (κ2) is 5.27. The molecule has 0 aliphatic rings. The second-order valence-corrected chi connectivity index (χ2v) is 4.52. The molecule has 1 amide bonds. The molecule has 7 heteroatoms. The number of hydrogen-bond acceptors (Lipinski definition) is 4. The highest BCUT2D eigenvalue weighted by Crippen LogP contribution is 2.15. The quantitative estimate of drug-likeness (QED) is 0.839. The molecular weight excluding hydrogens is 266 g/mol. The Bertz CT molecular complexity index is 623. The fourth-order valence-electron chi connectivity index (χ4n) is 1.66. The first kappa shape index (κ1) is 13.4. The molecule has 0 bridgehead atoms. The van der Waals surface area contributed by atoms with E-state index < -0.39 is 0 Å². The lowest BCUT2D eigenvalue weighted by molar-refractivity contribution is -0.117. The maximum Gasteiger partial charge on any atom is 0.247 e. The Labute approximate surface area is 115 Å². The topological polar surface area (TPSA) is 85.8 Å². The first-order valence-electron chi connectivity index (χ1n) is 5.69. The molecule has 2 rings (SSSR count). The van der Waals surface area contributed by atoms with Gasteiger partial charge in [-0.3, -0.25) is 9.48 Å². The zero-order chi connectivity index (χ0) is 14.0. The highest BCUT2D eigenvalue weighted by Gasteiger charge is 2.11. The van der Waals surface area contributed by atoms with Gasteiger partial charge in [-0.1, -0.05) is 17.7 Å². The summed E-state index contributed by atoms with van der Waals surface area (Å²) in [6.07, 6.45) is 0. The van der Waals surface area contributed by atoms with E-state index in [1.165, 1.54) is 0 Å². The monoisotopic (exact) mass is 279 g/mol. The van der Waals surface area contributed by atoms with Gasteiger partial charge in [-0.05, 0) is 26.0 Å². The summed E-state index contributed by atoms with van der Waals surface area (Å²) < 4.78 is 1.56. The first-order chi connectivity index (χ1) is 8.97. The number of nitrogen functional groups attached to an aromatic ring is 1. The molecule has 0 fully saturated rings. The van der Waals surface area contributed by atoms with Crippen molar-refractivity contribution in [3.63, 3.8) is 0 Å². The smallest absolute Gasteiger partial charge is 0.247 e. The molecule has 19 heavy (non-hydrogen) atoms. The van der Waals surface area contributed by atoms with Gasteiger partial charge in [0.25, 0.3) is 0 Å². The average molecular weight is 280 g/mol. The average Bonchev–Trinajstić information content (AvgIpc) is 2.57. The number of aryl methyl sites for hydroxylation is 1. The number of anilines is 2. The van der Waals surface area contributed by atoms with E-state index in [0.29, 0.717) is 22.4 Å². The predicted molar refractivity (Wildman–Crippen MR) is 74.0 cm³/mol. The van der Waals surface area contributed by atoms with Gasteiger partial charge in [0.15, 0.2) is 0 Å². The Balaban J connectivity index is 2.07. The Morgan fingerprint density at radius 3 is 2.79 bits per heavy atom. The Kier molecular flexibility index (Phi) is 3.71. The van der Waals surface area contributed by atoms with Crippen molar-refractivity contribution < 1.29 is 4.79 Å². The number of carbonyl (C=O) groups is 1. The number of amides is 1. The van der Waals surface area contributed by atoms with Crippen LogP contribution in [0.15, 0.2) is 18.2 Å². The lowest BCUT2D eigenvalue weighted by atomic mass is 10.3. The van der Waals surface area contributed by atoms with Crippen molar-refractivity contribution in [3.05, 3.63) is 34.7 Å². The van der Waals surface area contributed by atoms with Gasteiger partial charge >= 0.3 is 0 Å². The fourth-order valence-corrected chi connectivity index (χ4v) is 1.82. The van der Waals surface area contributed by atoms with Crippen molar-refractivity contribution in [3.8, 4) is 0 Å². The van der Waals surface area contributed by atoms with Crippen LogP contribution in [0, 0.1) is 13.8 Å². The van der Waals surface area contributed by atoms with Crippen LogP contribution in [0.4, 0.5) is 11.5 Å². The molecule has 0 aliphatic heterocycles. The summed E-state index contributed by atoms with van der Waals surface area (Å²) in [6, 6.07) is 5.02. The van der Waals surface area contributed by atoms with Crippen LogP contribution in [0.3, 0.4) is 0 Å². The van der Waals surface area contributed by atoms with Gasteiger partial charge in [0.1, 0.15) is 17.5 Å². The van der Waals surface area contributed by atoms with E-state index in [1.54, 1.807) is 29.8 Å². The van der Waals surface area contributed by atoms with Crippen LogP contribution in [0.1, 0.15) is 11.4 Å². The van der Waals surface area contributed by atoms with Crippen LogP contribution in [-0.4, -0.2) is 20.7 Å². The van der Waals surface area contributed by atoms with E-state index >= 15 is 0 Å². The largest absolute Gasteiger partial charge is 0.396 e. The predicted octanol–water partition coefficient (Wildman–Crippen LogP) is 1.77. The Morgan fingerprint density at radius 2 is 2.21 bits per heavy atom. The highest BCUT2D eigenvalue weighted by molar-refractivity contribution is 6.29. The summed E-state index contributed by atoms with van der Waals surface area (Å²) in [5.41, 5.74) is 7.90. The van der Waals surface area contributed by atoms with E-state index in [9.17, 15) is 4.79 Å². The molecule has 0 radical (unpaired) electrons. The molecule has 0 spiro atoms. The Morgan fingerprint density at radius 1 is 1.47 bits per heavy atom. The third-order valence-corrected chi connectivity index (χ3v) is 2.92. The number of nitrogens with two attached hydrogens (primary N) is 1. The molecule has 2 aromatic heterocycles. The number of rotatable bonds is 3. The van der Waals surface area contributed by atoms with Crippen molar-refractivity contribution in [1.82, 2.24) is 14.8 Å². The molecule has 100 valence electrons. The third-order valence-electron chi connectivity index (χ3n) is 2.71. The lowest BCUT2D eigenvalue weighted by Crippen LogP contribution is -2.21. The molecule has 0 atom stereocenters. The summed E-state index contributed by atoms with van der Waals surface area (Å²) >= 11 is 5.74. The molecule has 0 saturated carbocycles. The molecule has 2 heterocycles. The number of nitrogens with one attached hydrogen (secondary N) is 1. The maximum absolute atomic E-state index is 11.9. The van der Waals surface area contributed by atoms with Crippen LogP contribution in [0.25, 0.3) is 0 Å². The number of nitrogens with zero attached hydrogens (tertiary/aromatic N) is 3. The minimum atomic E-state index is -0.236. The Hall–Kier alpha value is -2.08. The van der Waals surface area contributed by atoms with Crippen LogP contribution in [0.2, 0.25) is 5.15 Å². The summed E-state index contributed by atoms with van der Waals surface area (Å²) in [5, 5.41) is 7.17. The van der Waals surface area contributed by atoms with Crippen LogP contribution in [-0.2, 0) is 11.3 Å². The molecule has 0 aliphatic carbocycles. The number of pyridine rings is 1. The van der Waals surface area contributed by atoms with Crippen molar-refractivity contribution >= 4 is 29.0 Å². The zero-order valence-corrected chi connectivity index (χ0v) is 11.4. The van der Waals surface area contributed by atoms with Gasteiger partial charge in [-0.25, -0.2) is 4.98 Å². The van der Waals surface area contributed by atoms with E-state index in [-0.39, 0.29) is 12.5 Å². The highest BCUT2D eigenvalue weighted by atomic mass is 35.5. The van der Waals surface area contributed by atoms with Crippen molar-refractivity contribution in [2.24, 2.45) is 0 Å². The van der Waals surface area contributed by atoms with Gasteiger partial charge in [0, 0.05) is 0 Å². The minimum Gasteiger partial charge on any atom is -0.396 e. The summed E-state index contributed by atoms with van der Waals surface area (Å²) in [4.78, 5) is 15.8. The summed E-state index contributed by atoms with van der Waals surface area (Å²) in [7, 11) is 0. The molecule has 3 N–H and O–H groups in total. The zero-order valence-electron chi connectivity index (χ0n) is 10.6. The van der Waals surface area contributed by atoms with Gasteiger partial charge in [0.2, 0.25) is 5.91 Å². The first-order valence-corrected chi connectivity index (χ1v) is 6.07. The van der Waals surface area contributed by atoms with Gasteiger partial charge in [-0.2, -0.15) is 5.10 Å². The number of halogens is 1. The van der Waals surface area contributed by atoms with E-state index in [0.717, 1.165) is 5.69 Å². The van der Waals surface area contributed by atoms with Crippen molar-refractivity contribution in [1.29, 1.82) is 0 Å². The van der Waals surface area contributed by atoms with Gasteiger partial charge in [-0.15, -0.1) is 0 Å². The van der Waals surface area contributed by atoms with Crippen molar-refractivity contribution in [2.75, 3.05) is 11.1 Å². The standard InChI is InChI=1S/C12H14ClN5O/c1-7-12(14)8(2)18(17-7)6-11(19)16-10-5-3-4-9(13)15-10/h3-5H,6,14H2,1-2H3,(H,15,16,19). The SMILES string of the molecule is Cc1nn(CC(=O)Nc2cccc(Cl)n2)c(C)c1N. The number of hydrogen-bond donors (Lipinski definition) is 2. The molecular formula is C12H14ClN5O. The summed E-state index contributed by atoms with van der Waals surface area (Å²) in [6.45, 7) is 3.70. The second-order valence-electron chi connectivity index (χ2n) is 4.14. The van der Waals surface area contributed by atoms with Gasteiger partial charge in [0.05, 0.1) is 17.1 Å². The molecule has 2 aromatic rings. The molecule has 6 nitrogen and oxygen atoms in total. The maximum atomic E-state index is 11.9. The normalized spacial score (nSPS) is 10.5. The molecule has 0 aromatic carbocycles. The fraction of sp³-hybridized carbons (Fsp3) is 0.250. The van der Waals surface area contributed by atoms with E-state index in [2.05, 4.69) is 15.4 Å². The van der Waals surface area contributed by atoms with E-state index in [4.69, 9.17) is 17.3 Å². The lowest BCUT2D eigenvalue weighted by Gasteiger charge is -2.06. The van der Waals surface area contributed by atoms with Gasteiger partial charge < -0.3 is 11.1 Å².